The van der Waals surface area contributed by atoms with E-state index in [1.54, 1.807) is 28.4 Å². The average Bonchev–Trinajstić information content (AvgIpc) is 3.08. The van der Waals surface area contributed by atoms with Gasteiger partial charge in [-0.2, -0.15) is 24.9 Å². The molecule has 3 heterocycles. The van der Waals surface area contributed by atoms with Gasteiger partial charge in [0.15, 0.2) is 11.5 Å². The third-order valence-electron chi connectivity index (χ3n) is 3.88. The summed E-state index contributed by atoms with van der Waals surface area (Å²) in [5.74, 6) is 0.806. The molecule has 0 fully saturated rings. The lowest BCUT2D eigenvalue weighted by molar-refractivity contribution is -0.141. The van der Waals surface area contributed by atoms with E-state index in [4.69, 9.17) is 0 Å². The van der Waals surface area contributed by atoms with E-state index in [9.17, 15) is 18.0 Å². The summed E-state index contributed by atoms with van der Waals surface area (Å²) in [5.41, 5.74) is -0.348. The van der Waals surface area contributed by atoms with Crippen LogP contribution in [0.5, 0.6) is 0 Å². The minimum Gasteiger partial charge on any atom is -0.342 e. The first kappa shape index (κ1) is 19.2. The number of aromatic nitrogens is 4. The van der Waals surface area contributed by atoms with Crippen molar-refractivity contribution < 1.29 is 18.0 Å². The average molecular weight is 395 g/mol. The number of pyridine rings is 2. The van der Waals surface area contributed by atoms with Crippen LogP contribution in [-0.4, -0.2) is 37.5 Å². The van der Waals surface area contributed by atoms with Crippen molar-refractivity contribution in [2.24, 2.45) is 0 Å². The molecule has 0 spiro atoms. The Balaban J connectivity index is 1.83. The number of carbonyl (C=O) groups excluding carboxylic acids is 1. The van der Waals surface area contributed by atoms with Crippen LogP contribution >= 0.6 is 11.8 Å². The van der Waals surface area contributed by atoms with Gasteiger partial charge >= 0.3 is 6.18 Å². The van der Waals surface area contributed by atoms with E-state index in [1.165, 1.54) is 0 Å². The number of rotatable bonds is 6. The topological polar surface area (TPSA) is 72.2 Å². The van der Waals surface area contributed by atoms with Crippen molar-refractivity contribution in [3.63, 3.8) is 0 Å². The number of nitrogens with zero attached hydrogens (tertiary/aromatic N) is 4. The normalized spacial score (nSPS) is 12.9. The molecule has 1 atom stereocenters. The number of halogens is 3. The zero-order valence-corrected chi connectivity index (χ0v) is 15.1. The second kappa shape index (κ2) is 7.95. The summed E-state index contributed by atoms with van der Waals surface area (Å²) in [7, 11) is 0. The van der Waals surface area contributed by atoms with E-state index < -0.39 is 23.8 Å². The molecule has 3 aromatic heterocycles. The van der Waals surface area contributed by atoms with Crippen molar-refractivity contribution in [3.05, 3.63) is 59.8 Å². The summed E-state index contributed by atoms with van der Waals surface area (Å²) in [5, 5.41) is 11.1. The SMILES string of the molecule is CSCCC(NC(=O)c1ccc(C(F)(F)F)nc1)c1nnc2ccccn12. The molecular formula is C17H16F3N5OS. The lowest BCUT2D eigenvalue weighted by Gasteiger charge is -2.17. The van der Waals surface area contributed by atoms with E-state index in [1.807, 2.05) is 18.4 Å². The molecule has 1 unspecified atom stereocenters. The van der Waals surface area contributed by atoms with Crippen molar-refractivity contribution in [1.82, 2.24) is 24.9 Å². The lowest BCUT2D eigenvalue weighted by atomic mass is 10.1. The Labute approximate surface area is 157 Å². The fourth-order valence-corrected chi connectivity index (χ4v) is 3.01. The van der Waals surface area contributed by atoms with E-state index in [-0.39, 0.29) is 5.56 Å². The number of carbonyl (C=O) groups is 1. The zero-order valence-electron chi connectivity index (χ0n) is 14.3. The Hall–Kier alpha value is -2.62. The van der Waals surface area contributed by atoms with Gasteiger partial charge in [0, 0.05) is 12.4 Å². The van der Waals surface area contributed by atoms with Crippen LogP contribution in [0.4, 0.5) is 13.2 Å². The third kappa shape index (κ3) is 4.38. The molecule has 0 saturated carbocycles. The largest absolute Gasteiger partial charge is 0.433 e. The first-order valence-corrected chi connectivity index (χ1v) is 9.42. The van der Waals surface area contributed by atoms with Crippen molar-refractivity contribution in [2.45, 2.75) is 18.6 Å². The van der Waals surface area contributed by atoms with Crippen LogP contribution in [0.25, 0.3) is 5.65 Å². The molecule has 0 radical (unpaired) electrons. The van der Waals surface area contributed by atoms with Crippen molar-refractivity contribution in [3.8, 4) is 0 Å². The number of thioether (sulfide) groups is 1. The van der Waals surface area contributed by atoms with Crippen molar-refractivity contribution in [2.75, 3.05) is 12.0 Å². The van der Waals surface area contributed by atoms with Crippen LogP contribution in [0.3, 0.4) is 0 Å². The molecule has 0 saturated heterocycles. The van der Waals surface area contributed by atoms with Crippen molar-refractivity contribution >= 4 is 23.3 Å². The molecular weight excluding hydrogens is 379 g/mol. The molecule has 1 N–H and O–H groups in total. The number of amides is 1. The number of hydrogen-bond donors (Lipinski definition) is 1. The zero-order chi connectivity index (χ0) is 19.4. The minimum absolute atomic E-state index is 0.0472. The second-order valence-electron chi connectivity index (χ2n) is 5.72. The van der Waals surface area contributed by atoms with Gasteiger partial charge in [-0.05, 0) is 42.7 Å². The number of fused-ring (bicyclic) bond motifs is 1. The highest BCUT2D eigenvalue weighted by molar-refractivity contribution is 7.98. The third-order valence-corrected chi connectivity index (χ3v) is 4.53. The van der Waals surface area contributed by atoms with Crippen LogP contribution in [0.1, 0.15) is 34.3 Å². The van der Waals surface area contributed by atoms with Crippen LogP contribution in [0.2, 0.25) is 0 Å². The molecule has 0 bridgehead atoms. The lowest BCUT2D eigenvalue weighted by Crippen LogP contribution is -2.30. The van der Waals surface area contributed by atoms with E-state index in [2.05, 4.69) is 20.5 Å². The molecule has 1 amide bonds. The number of alkyl halides is 3. The van der Waals surface area contributed by atoms with Gasteiger partial charge in [-0.25, -0.2) is 0 Å². The Morgan fingerprint density at radius 2 is 2.07 bits per heavy atom. The van der Waals surface area contributed by atoms with Gasteiger partial charge in [0.25, 0.3) is 5.91 Å². The summed E-state index contributed by atoms with van der Waals surface area (Å²) in [6.07, 6.45) is 0.710. The van der Waals surface area contributed by atoms with Gasteiger partial charge in [-0.1, -0.05) is 6.07 Å². The molecule has 3 aromatic rings. The maximum Gasteiger partial charge on any atom is 0.433 e. The smallest absolute Gasteiger partial charge is 0.342 e. The second-order valence-corrected chi connectivity index (χ2v) is 6.71. The number of nitrogens with one attached hydrogen (secondary N) is 1. The van der Waals surface area contributed by atoms with E-state index in [0.717, 1.165) is 24.1 Å². The van der Waals surface area contributed by atoms with E-state index >= 15 is 0 Å². The van der Waals surface area contributed by atoms with Crippen LogP contribution in [0, 0.1) is 0 Å². The van der Waals surface area contributed by atoms with E-state index in [0.29, 0.717) is 17.9 Å². The summed E-state index contributed by atoms with van der Waals surface area (Å²) >= 11 is 1.61. The molecule has 10 heteroatoms. The first-order valence-electron chi connectivity index (χ1n) is 8.03. The van der Waals surface area contributed by atoms with Gasteiger partial charge in [0.1, 0.15) is 5.69 Å². The fraction of sp³-hybridized carbons (Fsp3) is 0.294. The molecule has 6 nitrogen and oxygen atoms in total. The molecule has 3 rings (SSSR count). The summed E-state index contributed by atoms with van der Waals surface area (Å²) < 4.78 is 39.6. The first-order chi connectivity index (χ1) is 12.9. The highest BCUT2D eigenvalue weighted by Gasteiger charge is 2.32. The van der Waals surface area contributed by atoms with Crippen LogP contribution in [0.15, 0.2) is 42.7 Å². The fourth-order valence-electron chi connectivity index (χ4n) is 2.54. The molecule has 0 aliphatic rings. The van der Waals surface area contributed by atoms with Gasteiger partial charge in [0.2, 0.25) is 0 Å². The summed E-state index contributed by atoms with van der Waals surface area (Å²) in [4.78, 5) is 15.8. The molecule has 27 heavy (non-hydrogen) atoms. The quantitative estimate of drug-likeness (QED) is 0.693. The predicted octanol–water partition coefficient (Wildman–Crippen LogP) is 3.37. The molecule has 142 valence electrons. The molecule has 0 aromatic carbocycles. The van der Waals surface area contributed by atoms with Gasteiger partial charge < -0.3 is 5.32 Å². The highest BCUT2D eigenvalue weighted by Crippen LogP contribution is 2.27. The van der Waals surface area contributed by atoms with Crippen LogP contribution < -0.4 is 5.32 Å². The summed E-state index contributed by atoms with van der Waals surface area (Å²) in [6.45, 7) is 0. The highest BCUT2D eigenvalue weighted by atomic mass is 32.2. The summed E-state index contributed by atoms with van der Waals surface area (Å²) in [6, 6.07) is 6.91. The predicted molar refractivity (Wildman–Crippen MR) is 95.4 cm³/mol. The molecule has 0 aliphatic heterocycles. The molecule has 0 aliphatic carbocycles. The Bertz CT molecular complexity index is 926. The van der Waals surface area contributed by atoms with Crippen molar-refractivity contribution in [1.29, 1.82) is 0 Å². The van der Waals surface area contributed by atoms with Gasteiger partial charge in [0.05, 0.1) is 11.6 Å². The van der Waals surface area contributed by atoms with Crippen LogP contribution in [-0.2, 0) is 6.18 Å². The maximum absolute atomic E-state index is 12.6. The van der Waals surface area contributed by atoms with Gasteiger partial charge in [-0.3, -0.25) is 14.2 Å². The Kier molecular flexibility index (Phi) is 5.64. The van der Waals surface area contributed by atoms with Gasteiger partial charge in [-0.15, -0.1) is 10.2 Å². The number of hydrogen-bond acceptors (Lipinski definition) is 5. The minimum atomic E-state index is -4.55. The Morgan fingerprint density at radius 1 is 1.26 bits per heavy atom. The Morgan fingerprint density at radius 3 is 2.74 bits per heavy atom. The maximum atomic E-state index is 12.6. The monoisotopic (exact) mass is 395 g/mol. The standard InChI is InChI=1S/C17H16F3N5OS/c1-27-9-7-12(15-24-23-14-4-2-3-8-25(14)15)22-16(26)11-5-6-13(21-10-11)17(18,19)20/h2-6,8,10,12H,7,9H2,1H3,(H,22,26).